The summed E-state index contributed by atoms with van der Waals surface area (Å²) < 4.78 is 5.16. The number of carbonyl (C=O) groups is 2. The van der Waals surface area contributed by atoms with Crippen LogP contribution in [-0.2, 0) is 17.8 Å². The van der Waals surface area contributed by atoms with Gasteiger partial charge in [-0.05, 0) is 37.6 Å². The van der Waals surface area contributed by atoms with Gasteiger partial charge in [0.05, 0.1) is 12.8 Å². The Morgan fingerprint density at radius 1 is 1.15 bits per heavy atom. The van der Waals surface area contributed by atoms with Gasteiger partial charge in [0.2, 0.25) is 10.9 Å². The van der Waals surface area contributed by atoms with E-state index in [1.165, 1.54) is 11.3 Å². The number of furan rings is 1. The molecule has 0 bridgehead atoms. The van der Waals surface area contributed by atoms with Crippen LogP contribution >= 0.6 is 11.3 Å². The fourth-order valence-electron chi connectivity index (χ4n) is 2.36. The molecule has 0 aliphatic carbocycles. The van der Waals surface area contributed by atoms with Crippen LogP contribution in [-0.4, -0.2) is 22.0 Å². The summed E-state index contributed by atoms with van der Waals surface area (Å²) in [5.74, 6) is 0.392. The molecule has 0 atom stereocenters. The second kappa shape index (κ2) is 9.09. The number of hydrogen-bond donors (Lipinski definition) is 2. The van der Waals surface area contributed by atoms with Gasteiger partial charge in [-0.3, -0.25) is 9.59 Å². The van der Waals surface area contributed by atoms with Gasteiger partial charge in [-0.2, -0.15) is 0 Å². The predicted octanol–water partition coefficient (Wildman–Crippen LogP) is 3.33. The molecule has 8 heteroatoms. The van der Waals surface area contributed by atoms with Gasteiger partial charge in [0.25, 0.3) is 5.91 Å². The van der Waals surface area contributed by atoms with Crippen LogP contribution in [0.4, 0.5) is 5.69 Å². The molecule has 0 saturated carbocycles. The Kier molecular flexibility index (Phi) is 6.32. The number of anilines is 1. The largest absolute Gasteiger partial charge is 0.467 e. The summed E-state index contributed by atoms with van der Waals surface area (Å²) in [7, 11) is 0. The number of aromatic nitrogens is 2. The summed E-state index contributed by atoms with van der Waals surface area (Å²) in [6, 6.07) is 11.1. The molecule has 3 aromatic rings. The quantitative estimate of drug-likeness (QED) is 0.621. The highest BCUT2D eigenvalue weighted by molar-refractivity contribution is 7.13. The number of carbonyl (C=O) groups excluding carboxylic acids is 2. The normalized spacial score (nSPS) is 10.6. The lowest BCUT2D eigenvalue weighted by atomic mass is 10.2. The molecule has 0 radical (unpaired) electrons. The average Bonchev–Trinajstić information content (AvgIpc) is 3.34. The van der Waals surface area contributed by atoms with Gasteiger partial charge in [0.1, 0.15) is 10.8 Å². The molecule has 0 aliphatic rings. The number of nitrogens with one attached hydrogen (secondary N) is 2. The van der Waals surface area contributed by atoms with E-state index in [4.69, 9.17) is 4.42 Å². The predicted molar refractivity (Wildman–Crippen MR) is 103 cm³/mol. The second-order valence-electron chi connectivity index (χ2n) is 6.03. The first kappa shape index (κ1) is 18.8. The highest BCUT2D eigenvalue weighted by Crippen LogP contribution is 2.15. The number of nitrogens with zero attached hydrogens (tertiary/aromatic N) is 2. The Hall–Kier alpha value is -3.00. The molecule has 2 heterocycles. The minimum absolute atomic E-state index is 0.0479. The standard InChI is InChI=1S/C19H20N4O3S/c1-13-7-9-14(10-8-13)21-18(25)19-23-22-17(27-19)6-2-5-16(24)20-12-15-4-3-11-26-15/h3-4,7-11H,2,5-6,12H2,1H3,(H,20,24)(H,21,25). The van der Waals surface area contributed by atoms with Crippen LogP contribution in [0.2, 0.25) is 0 Å². The van der Waals surface area contributed by atoms with Crippen molar-refractivity contribution in [2.24, 2.45) is 0 Å². The van der Waals surface area contributed by atoms with Crippen molar-refractivity contribution in [1.82, 2.24) is 15.5 Å². The molecule has 3 rings (SSSR count). The monoisotopic (exact) mass is 384 g/mol. The first-order valence-electron chi connectivity index (χ1n) is 8.59. The maximum Gasteiger partial charge on any atom is 0.286 e. The number of amides is 2. The summed E-state index contributed by atoms with van der Waals surface area (Å²) >= 11 is 1.25. The third-order valence-electron chi connectivity index (χ3n) is 3.80. The summed E-state index contributed by atoms with van der Waals surface area (Å²) in [5.41, 5.74) is 1.84. The average molecular weight is 384 g/mol. The number of aryl methyl sites for hydroxylation is 2. The maximum absolute atomic E-state index is 12.2. The SMILES string of the molecule is Cc1ccc(NC(=O)c2nnc(CCCC(=O)NCc3ccco3)s2)cc1. The maximum atomic E-state index is 12.2. The number of benzene rings is 1. The summed E-state index contributed by atoms with van der Waals surface area (Å²) in [6.45, 7) is 2.37. The summed E-state index contributed by atoms with van der Waals surface area (Å²) in [5, 5.41) is 14.6. The van der Waals surface area contributed by atoms with E-state index in [1.54, 1.807) is 12.3 Å². The zero-order valence-corrected chi connectivity index (χ0v) is 15.7. The molecule has 0 aliphatic heterocycles. The minimum Gasteiger partial charge on any atom is -0.467 e. The molecule has 27 heavy (non-hydrogen) atoms. The first-order valence-corrected chi connectivity index (χ1v) is 9.41. The Labute approximate surface area is 160 Å². The van der Waals surface area contributed by atoms with Crippen LogP contribution in [0.3, 0.4) is 0 Å². The topological polar surface area (TPSA) is 97.1 Å². The fraction of sp³-hybridized carbons (Fsp3) is 0.263. The Bertz CT molecular complexity index is 888. The molecule has 2 aromatic heterocycles. The van der Waals surface area contributed by atoms with Gasteiger partial charge in [0.15, 0.2) is 0 Å². The minimum atomic E-state index is -0.279. The van der Waals surface area contributed by atoms with Crippen molar-refractivity contribution < 1.29 is 14.0 Å². The molecule has 2 amide bonds. The lowest BCUT2D eigenvalue weighted by Gasteiger charge is -2.02. The lowest BCUT2D eigenvalue weighted by molar-refractivity contribution is -0.121. The molecule has 140 valence electrons. The second-order valence-corrected chi connectivity index (χ2v) is 7.09. The van der Waals surface area contributed by atoms with E-state index in [9.17, 15) is 9.59 Å². The highest BCUT2D eigenvalue weighted by atomic mass is 32.1. The van der Waals surface area contributed by atoms with E-state index in [1.807, 2.05) is 37.3 Å². The Morgan fingerprint density at radius 3 is 2.70 bits per heavy atom. The van der Waals surface area contributed by atoms with E-state index in [0.29, 0.717) is 30.8 Å². The number of hydrogen-bond acceptors (Lipinski definition) is 6. The van der Waals surface area contributed by atoms with Gasteiger partial charge < -0.3 is 15.1 Å². The zero-order valence-electron chi connectivity index (χ0n) is 14.9. The third kappa shape index (κ3) is 5.75. The van der Waals surface area contributed by atoms with E-state index in [0.717, 1.165) is 22.0 Å². The van der Waals surface area contributed by atoms with Gasteiger partial charge in [-0.25, -0.2) is 0 Å². The Morgan fingerprint density at radius 2 is 1.96 bits per heavy atom. The van der Waals surface area contributed by atoms with Gasteiger partial charge in [-0.1, -0.05) is 29.0 Å². The molecule has 7 nitrogen and oxygen atoms in total. The first-order chi connectivity index (χ1) is 13.1. The van der Waals surface area contributed by atoms with Crippen LogP contribution in [0.1, 0.15) is 39.0 Å². The summed E-state index contributed by atoms with van der Waals surface area (Å²) in [4.78, 5) is 24.0. The van der Waals surface area contributed by atoms with Crippen LogP contribution < -0.4 is 10.6 Å². The van der Waals surface area contributed by atoms with Crippen LogP contribution in [0.25, 0.3) is 0 Å². The van der Waals surface area contributed by atoms with Crippen molar-refractivity contribution in [1.29, 1.82) is 0 Å². The van der Waals surface area contributed by atoms with Crippen LogP contribution in [0, 0.1) is 6.92 Å². The van der Waals surface area contributed by atoms with E-state index in [-0.39, 0.29) is 11.8 Å². The molecule has 0 spiro atoms. The van der Waals surface area contributed by atoms with Crippen molar-refractivity contribution >= 4 is 28.8 Å². The van der Waals surface area contributed by atoms with Crippen molar-refractivity contribution in [3.63, 3.8) is 0 Å². The smallest absolute Gasteiger partial charge is 0.286 e. The van der Waals surface area contributed by atoms with E-state index in [2.05, 4.69) is 20.8 Å². The Balaban J connectivity index is 1.41. The molecular formula is C19H20N4O3S. The zero-order chi connectivity index (χ0) is 19.1. The molecule has 0 saturated heterocycles. The van der Waals surface area contributed by atoms with Crippen molar-refractivity contribution in [2.75, 3.05) is 5.32 Å². The molecular weight excluding hydrogens is 364 g/mol. The fourth-order valence-corrected chi connectivity index (χ4v) is 3.13. The van der Waals surface area contributed by atoms with Crippen molar-refractivity contribution in [3.8, 4) is 0 Å². The highest BCUT2D eigenvalue weighted by Gasteiger charge is 2.13. The molecule has 1 aromatic carbocycles. The molecule has 0 fully saturated rings. The van der Waals surface area contributed by atoms with E-state index < -0.39 is 0 Å². The molecule has 2 N–H and O–H groups in total. The van der Waals surface area contributed by atoms with Gasteiger partial charge in [0, 0.05) is 18.5 Å². The van der Waals surface area contributed by atoms with Crippen molar-refractivity contribution in [3.05, 3.63) is 64.0 Å². The lowest BCUT2D eigenvalue weighted by Crippen LogP contribution is -2.22. The number of rotatable bonds is 8. The van der Waals surface area contributed by atoms with Crippen molar-refractivity contribution in [2.45, 2.75) is 32.7 Å². The van der Waals surface area contributed by atoms with Gasteiger partial charge >= 0.3 is 0 Å². The summed E-state index contributed by atoms with van der Waals surface area (Å²) in [6.07, 6.45) is 3.19. The third-order valence-corrected chi connectivity index (χ3v) is 4.79. The van der Waals surface area contributed by atoms with Crippen LogP contribution in [0.15, 0.2) is 47.1 Å². The van der Waals surface area contributed by atoms with Gasteiger partial charge in [-0.15, -0.1) is 10.2 Å². The van der Waals surface area contributed by atoms with E-state index >= 15 is 0 Å². The molecule has 0 unspecified atom stereocenters. The van der Waals surface area contributed by atoms with Crippen LogP contribution in [0.5, 0.6) is 0 Å².